The van der Waals surface area contributed by atoms with E-state index in [4.69, 9.17) is 11.6 Å². The van der Waals surface area contributed by atoms with Crippen molar-refractivity contribution in [2.24, 2.45) is 0 Å². The van der Waals surface area contributed by atoms with Gasteiger partial charge in [0.1, 0.15) is 5.82 Å². The Balaban J connectivity index is 1.44. The number of carbonyl (C=O) groups excluding carboxylic acids is 1. The minimum Gasteiger partial charge on any atom is -0.322 e. The van der Waals surface area contributed by atoms with E-state index in [1.165, 1.54) is 53.0 Å². The quantitative estimate of drug-likeness (QED) is 0.299. The molecule has 1 aromatic heterocycles. The van der Waals surface area contributed by atoms with Crippen LogP contribution in [-0.4, -0.2) is 34.0 Å². The van der Waals surface area contributed by atoms with Gasteiger partial charge in [0, 0.05) is 22.5 Å². The van der Waals surface area contributed by atoms with Gasteiger partial charge in [-0.05, 0) is 78.4 Å². The van der Waals surface area contributed by atoms with Gasteiger partial charge >= 0.3 is 0 Å². The molecule has 4 rings (SSSR count). The highest BCUT2D eigenvalue weighted by molar-refractivity contribution is 7.92. The number of sulfonamides is 2. The Hall–Kier alpha value is -3.93. The molecular weight excluding hydrogens is 548 g/mol. The number of carbonyl (C=O) groups is 1. The Morgan fingerprint density at radius 3 is 2.11 bits per heavy atom. The van der Waals surface area contributed by atoms with Crippen LogP contribution >= 0.6 is 11.6 Å². The number of aromatic nitrogens is 1. The van der Waals surface area contributed by atoms with E-state index in [9.17, 15) is 21.6 Å². The van der Waals surface area contributed by atoms with E-state index in [1.54, 1.807) is 48.5 Å². The zero-order valence-corrected chi connectivity index (χ0v) is 22.5. The molecule has 9 nitrogen and oxygen atoms in total. The Morgan fingerprint density at radius 1 is 0.868 bits per heavy atom. The van der Waals surface area contributed by atoms with Crippen molar-refractivity contribution in [3.63, 3.8) is 0 Å². The highest BCUT2D eigenvalue weighted by Crippen LogP contribution is 2.23. The number of nitrogens with zero attached hydrogens (tertiary/aromatic N) is 2. The molecule has 38 heavy (non-hydrogen) atoms. The van der Waals surface area contributed by atoms with E-state index in [2.05, 4.69) is 15.0 Å². The lowest BCUT2D eigenvalue weighted by Crippen LogP contribution is -2.29. The van der Waals surface area contributed by atoms with E-state index in [-0.39, 0.29) is 17.3 Å². The molecule has 0 spiro atoms. The summed E-state index contributed by atoms with van der Waals surface area (Å²) in [5, 5.41) is 3.25. The molecule has 1 amide bonds. The van der Waals surface area contributed by atoms with E-state index < -0.39 is 26.0 Å². The summed E-state index contributed by atoms with van der Waals surface area (Å²) < 4.78 is 53.6. The van der Waals surface area contributed by atoms with Crippen LogP contribution in [0.3, 0.4) is 0 Å². The fourth-order valence-corrected chi connectivity index (χ4v) is 5.50. The Labute approximate surface area is 226 Å². The largest absolute Gasteiger partial charge is 0.322 e. The van der Waals surface area contributed by atoms with Crippen LogP contribution in [-0.2, 0) is 26.6 Å². The van der Waals surface area contributed by atoms with Gasteiger partial charge in [0.15, 0.2) is 0 Å². The lowest BCUT2D eigenvalue weighted by Gasteiger charge is -2.23. The number of halogens is 1. The summed E-state index contributed by atoms with van der Waals surface area (Å²) in [7, 11) is -7.45. The number of hydrogen-bond donors (Lipinski definition) is 2. The second kappa shape index (κ2) is 11.2. The zero-order chi connectivity index (χ0) is 27.3. The summed E-state index contributed by atoms with van der Waals surface area (Å²) in [6, 6.07) is 23.5. The van der Waals surface area contributed by atoms with Crippen LogP contribution in [0, 0.1) is 0 Å². The molecule has 3 aromatic carbocycles. The first kappa shape index (κ1) is 27.1. The predicted molar refractivity (Wildman–Crippen MR) is 148 cm³/mol. The van der Waals surface area contributed by atoms with Crippen molar-refractivity contribution in [2.75, 3.05) is 20.6 Å². The minimum atomic E-state index is -3.85. The standard InChI is InChI=1S/C26H23ClN4O5S2/c1-37(33,34)31(18-19-5-9-21(27)10-6-19)23-13-7-20(8-14-23)26(32)29-22-11-15-24(16-12-22)38(35,36)30-25-4-2-3-17-28-25/h2-17H,18H2,1H3,(H,28,30)(H,29,32). The van der Waals surface area contributed by atoms with Gasteiger partial charge in [-0.15, -0.1) is 0 Å². The number of amides is 1. The van der Waals surface area contributed by atoms with Crippen molar-refractivity contribution in [3.05, 3.63) is 113 Å². The van der Waals surface area contributed by atoms with E-state index in [0.29, 0.717) is 22.0 Å². The van der Waals surface area contributed by atoms with Crippen molar-refractivity contribution < 1.29 is 21.6 Å². The fourth-order valence-electron chi connectivity index (χ4n) is 3.48. The number of hydrogen-bond acceptors (Lipinski definition) is 6. The summed E-state index contributed by atoms with van der Waals surface area (Å²) in [4.78, 5) is 16.7. The number of benzene rings is 3. The molecule has 0 fully saturated rings. The van der Waals surface area contributed by atoms with E-state index in [0.717, 1.165) is 11.8 Å². The summed E-state index contributed by atoms with van der Waals surface area (Å²) in [6.07, 6.45) is 2.58. The molecule has 2 N–H and O–H groups in total. The first-order valence-electron chi connectivity index (χ1n) is 11.2. The third kappa shape index (κ3) is 6.88. The van der Waals surface area contributed by atoms with Crippen molar-refractivity contribution in [2.45, 2.75) is 11.4 Å². The van der Waals surface area contributed by atoms with Gasteiger partial charge in [0.05, 0.1) is 23.4 Å². The Morgan fingerprint density at radius 2 is 1.53 bits per heavy atom. The molecule has 0 atom stereocenters. The van der Waals surface area contributed by atoms with E-state index >= 15 is 0 Å². The second-order valence-electron chi connectivity index (χ2n) is 8.24. The van der Waals surface area contributed by atoms with Crippen LogP contribution in [0.4, 0.5) is 17.2 Å². The lowest BCUT2D eigenvalue weighted by atomic mass is 10.1. The Bertz CT molecular complexity index is 1630. The molecule has 0 saturated heterocycles. The number of rotatable bonds is 9. The van der Waals surface area contributed by atoms with Gasteiger partial charge in [0.2, 0.25) is 10.0 Å². The molecule has 0 unspecified atom stereocenters. The summed E-state index contributed by atoms with van der Waals surface area (Å²) in [6.45, 7) is 0.103. The second-order valence-corrected chi connectivity index (χ2v) is 12.3. The minimum absolute atomic E-state index is 0.00654. The molecule has 196 valence electrons. The third-order valence-corrected chi connectivity index (χ3v) is 8.15. The molecule has 0 saturated carbocycles. The maximum Gasteiger partial charge on any atom is 0.263 e. The first-order valence-corrected chi connectivity index (χ1v) is 14.9. The monoisotopic (exact) mass is 570 g/mol. The molecule has 4 aromatic rings. The van der Waals surface area contributed by atoms with Crippen molar-refractivity contribution >= 4 is 54.7 Å². The maximum absolute atomic E-state index is 12.7. The summed E-state index contributed by atoms with van der Waals surface area (Å²) >= 11 is 5.92. The van der Waals surface area contributed by atoms with Gasteiger partial charge in [0.25, 0.3) is 15.9 Å². The topological polar surface area (TPSA) is 126 Å². The molecule has 0 aliphatic heterocycles. The molecule has 0 bridgehead atoms. The smallest absolute Gasteiger partial charge is 0.263 e. The lowest BCUT2D eigenvalue weighted by molar-refractivity contribution is 0.102. The number of anilines is 3. The van der Waals surface area contributed by atoms with Crippen LogP contribution in [0.5, 0.6) is 0 Å². The highest BCUT2D eigenvalue weighted by Gasteiger charge is 2.19. The molecule has 0 aliphatic carbocycles. The third-order valence-electron chi connectivity index (χ3n) is 5.38. The SMILES string of the molecule is CS(=O)(=O)N(Cc1ccc(Cl)cc1)c1ccc(C(=O)Nc2ccc(S(=O)(=O)Nc3ccccn3)cc2)cc1. The van der Waals surface area contributed by atoms with Crippen molar-refractivity contribution in [1.82, 2.24) is 4.98 Å². The van der Waals surface area contributed by atoms with Gasteiger partial charge in [-0.3, -0.25) is 13.8 Å². The van der Waals surface area contributed by atoms with Crippen LogP contribution < -0.4 is 14.3 Å². The average Bonchev–Trinajstić information content (AvgIpc) is 2.88. The fraction of sp³-hybridized carbons (Fsp3) is 0.0769. The Kier molecular flexibility index (Phi) is 8.00. The van der Waals surface area contributed by atoms with Crippen molar-refractivity contribution in [3.8, 4) is 0 Å². The molecule has 0 radical (unpaired) electrons. The first-order chi connectivity index (χ1) is 18.0. The molecule has 0 aliphatic rings. The zero-order valence-electron chi connectivity index (χ0n) is 20.1. The van der Waals surface area contributed by atoms with Crippen LogP contribution in [0.15, 0.2) is 102 Å². The number of pyridine rings is 1. The van der Waals surface area contributed by atoms with Crippen LogP contribution in [0.2, 0.25) is 5.02 Å². The van der Waals surface area contributed by atoms with Crippen LogP contribution in [0.25, 0.3) is 0 Å². The molecule has 12 heteroatoms. The van der Waals surface area contributed by atoms with Gasteiger partial charge in [-0.25, -0.2) is 21.8 Å². The van der Waals surface area contributed by atoms with Gasteiger partial charge in [-0.1, -0.05) is 29.8 Å². The summed E-state index contributed by atoms with van der Waals surface area (Å²) in [5.41, 5.74) is 1.83. The summed E-state index contributed by atoms with van der Waals surface area (Å²) in [5.74, 6) is -0.252. The maximum atomic E-state index is 12.7. The van der Waals surface area contributed by atoms with Gasteiger partial charge in [-0.2, -0.15) is 0 Å². The van der Waals surface area contributed by atoms with E-state index in [1.807, 2.05) is 0 Å². The van der Waals surface area contributed by atoms with Crippen molar-refractivity contribution in [1.29, 1.82) is 0 Å². The van der Waals surface area contributed by atoms with Gasteiger partial charge < -0.3 is 5.32 Å². The molecule has 1 heterocycles. The molecular formula is C26H23ClN4O5S2. The highest BCUT2D eigenvalue weighted by atomic mass is 35.5. The predicted octanol–water partition coefficient (Wildman–Crippen LogP) is 4.75. The van der Waals surface area contributed by atoms with Crippen LogP contribution in [0.1, 0.15) is 15.9 Å². The average molecular weight is 571 g/mol. The number of nitrogens with one attached hydrogen (secondary N) is 2. The normalized spacial score (nSPS) is 11.5.